The molecule has 8 nitrogen and oxygen atoms in total. The minimum absolute atomic E-state index is 0.256. The quantitative estimate of drug-likeness (QED) is 0.189. The zero-order valence-electron chi connectivity index (χ0n) is 19.8. The van der Waals surface area contributed by atoms with Gasteiger partial charge in [-0.2, -0.15) is 5.10 Å². The maximum atomic E-state index is 12.9. The van der Waals surface area contributed by atoms with Crippen LogP contribution in [0.2, 0.25) is 0 Å². The van der Waals surface area contributed by atoms with Crippen LogP contribution in [0, 0.1) is 0 Å². The number of nitrogens with one attached hydrogen (secondary N) is 2. The van der Waals surface area contributed by atoms with E-state index in [1.54, 1.807) is 20.1 Å². The van der Waals surface area contributed by atoms with Crippen LogP contribution in [0.5, 0.6) is 11.5 Å². The van der Waals surface area contributed by atoms with Gasteiger partial charge in [0.1, 0.15) is 18.1 Å². The van der Waals surface area contributed by atoms with Crippen LogP contribution >= 0.6 is 0 Å². The summed E-state index contributed by atoms with van der Waals surface area (Å²) in [6, 6.07) is 22.7. The summed E-state index contributed by atoms with van der Waals surface area (Å²) in [7, 11) is 1.59. The van der Waals surface area contributed by atoms with Gasteiger partial charge in [0, 0.05) is 22.7 Å². The topological polar surface area (TPSA) is 114 Å². The molecule has 0 bridgehead atoms. The molecule has 0 atom stereocenters. The minimum atomic E-state index is -0.256. The number of rotatable bonds is 8. The van der Waals surface area contributed by atoms with Crippen LogP contribution in [-0.2, 0) is 6.61 Å². The van der Waals surface area contributed by atoms with Crippen LogP contribution in [0.1, 0.15) is 35.5 Å². The van der Waals surface area contributed by atoms with Gasteiger partial charge in [0.2, 0.25) is 0 Å². The number of anilines is 1. The third-order valence-corrected chi connectivity index (χ3v) is 5.31. The molecule has 4 aromatic rings. The maximum absolute atomic E-state index is 12.9. The summed E-state index contributed by atoms with van der Waals surface area (Å²) in [6.45, 7) is 3.93. The van der Waals surface area contributed by atoms with Crippen molar-refractivity contribution < 1.29 is 14.3 Å². The molecular weight excluding hydrogens is 442 g/mol. The number of H-pyrrole nitrogens is 1. The van der Waals surface area contributed by atoms with Crippen LogP contribution < -0.4 is 20.5 Å². The monoisotopic (exact) mass is 469 g/mol. The van der Waals surface area contributed by atoms with Gasteiger partial charge in [-0.3, -0.25) is 4.79 Å². The van der Waals surface area contributed by atoms with E-state index in [0.29, 0.717) is 35.3 Å². The van der Waals surface area contributed by atoms with Crippen molar-refractivity contribution in [1.29, 1.82) is 0 Å². The first-order chi connectivity index (χ1) is 16.9. The predicted octanol–water partition coefficient (Wildman–Crippen LogP) is 5.11. The van der Waals surface area contributed by atoms with Gasteiger partial charge < -0.3 is 25.5 Å². The second-order valence-corrected chi connectivity index (χ2v) is 8.01. The van der Waals surface area contributed by atoms with E-state index in [-0.39, 0.29) is 5.91 Å². The highest BCUT2D eigenvalue weighted by Crippen LogP contribution is 2.33. The third kappa shape index (κ3) is 5.86. The number of benzene rings is 3. The molecule has 0 aliphatic heterocycles. The molecule has 0 unspecified atom stereocenters. The van der Waals surface area contributed by atoms with E-state index in [1.807, 2.05) is 73.7 Å². The van der Waals surface area contributed by atoms with E-state index in [1.165, 1.54) is 0 Å². The van der Waals surface area contributed by atoms with Gasteiger partial charge in [-0.15, -0.1) is 5.10 Å². The highest BCUT2D eigenvalue weighted by Gasteiger charge is 2.14. The molecule has 1 amide bonds. The second-order valence-electron chi connectivity index (χ2n) is 8.01. The van der Waals surface area contributed by atoms with Crippen molar-refractivity contribution in [2.75, 3.05) is 12.4 Å². The molecule has 0 saturated heterocycles. The lowest BCUT2D eigenvalue weighted by atomic mass is 10.1. The summed E-state index contributed by atoms with van der Waals surface area (Å²) in [5.74, 6) is 1.33. The molecule has 1 heterocycles. The Bertz CT molecular complexity index is 1390. The van der Waals surface area contributed by atoms with Gasteiger partial charge in [-0.1, -0.05) is 42.5 Å². The van der Waals surface area contributed by atoms with Crippen molar-refractivity contribution in [2.24, 2.45) is 15.9 Å². The Labute approximate surface area is 203 Å². The molecule has 0 aliphatic rings. The zero-order valence-corrected chi connectivity index (χ0v) is 19.8. The molecule has 3 aromatic carbocycles. The highest BCUT2D eigenvalue weighted by molar-refractivity contribution is 6.06. The highest BCUT2D eigenvalue weighted by atomic mass is 16.5. The van der Waals surface area contributed by atoms with E-state index in [4.69, 9.17) is 15.2 Å². The molecule has 178 valence electrons. The SMILES string of the molecule is COc1cc2cc(C(=O)Nc3ccc(/C(C)=N\N=C(C)N)cc3)[nH]c2cc1OCc1ccccc1. The predicted molar refractivity (Wildman–Crippen MR) is 140 cm³/mol. The Hall–Kier alpha value is -4.59. The summed E-state index contributed by atoms with van der Waals surface area (Å²) in [5, 5.41) is 11.7. The lowest BCUT2D eigenvalue weighted by Gasteiger charge is -2.11. The van der Waals surface area contributed by atoms with Crippen molar-refractivity contribution in [1.82, 2.24) is 4.98 Å². The van der Waals surface area contributed by atoms with E-state index in [2.05, 4.69) is 20.5 Å². The summed E-state index contributed by atoms with van der Waals surface area (Å²) in [4.78, 5) is 16.0. The number of nitrogens with zero attached hydrogens (tertiary/aromatic N) is 2. The number of hydrogen-bond donors (Lipinski definition) is 3. The van der Waals surface area contributed by atoms with Gasteiger partial charge in [0.15, 0.2) is 11.5 Å². The number of fused-ring (bicyclic) bond motifs is 1. The van der Waals surface area contributed by atoms with Crippen molar-refractivity contribution >= 4 is 34.0 Å². The minimum Gasteiger partial charge on any atom is -0.493 e. The van der Waals surface area contributed by atoms with Crippen LogP contribution in [0.3, 0.4) is 0 Å². The fourth-order valence-corrected chi connectivity index (χ4v) is 3.47. The molecule has 4 N–H and O–H groups in total. The molecule has 4 rings (SSSR count). The van der Waals surface area contributed by atoms with E-state index in [9.17, 15) is 4.79 Å². The van der Waals surface area contributed by atoms with E-state index < -0.39 is 0 Å². The van der Waals surface area contributed by atoms with E-state index in [0.717, 1.165) is 27.7 Å². The van der Waals surface area contributed by atoms with Crippen molar-refractivity contribution in [3.05, 3.63) is 89.6 Å². The van der Waals surface area contributed by atoms with Gasteiger partial charge in [-0.05, 0) is 49.2 Å². The number of methoxy groups -OCH3 is 1. The Balaban J connectivity index is 1.49. The normalized spacial score (nSPS) is 12.0. The standard InChI is InChI=1S/C27H27N5O3/c1-17(31-32-18(2)28)20-9-11-22(12-10-20)29-27(33)24-13-21-14-25(34-3)26(15-23(21)30-24)35-16-19-7-5-4-6-8-19/h4-15,30H,16H2,1-3H3,(H2,28,32)(H,29,33)/b31-17-. The number of ether oxygens (including phenoxy) is 2. The number of aromatic nitrogens is 1. The lowest BCUT2D eigenvalue weighted by molar-refractivity contribution is 0.102. The van der Waals surface area contributed by atoms with Crippen LogP contribution in [0.15, 0.2) is 83.0 Å². The largest absolute Gasteiger partial charge is 0.493 e. The molecular formula is C27H27N5O3. The molecule has 0 spiro atoms. The Morgan fingerprint density at radius 2 is 1.71 bits per heavy atom. The van der Waals surface area contributed by atoms with Crippen LogP contribution in [0.4, 0.5) is 5.69 Å². The summed E-state index contributed by atoms with van der Waals surface area (Å²) in [5.41, 5.74) is 10.0. The van der Waals surface area contributed by atoms with Gasteiger partial charge in [-0.25, -0.2) is 0 Å². The first kappa shape index (κ1) is 23.6. The number of carbonyl (C=O) groups is 1. The smallest absolute Gasteiger partial charge is 0.272 e. The fraction of sp³-hybridized carbons (Fsp3) is 0.148. The fourth-order valence-electron chi connectivity index (χ4n) is 3.47. The van der Waals surface area contributed by atoms with Gasteiger partial charge in [0.05, 0.1) is 12.8 Å². The maximum Gasteiger partial charge on any atom is 0.272 e. The third-order valence-electron chi connectivity index (χ3n) is 5.31. The molecule has 0 saturated carbocycles. The van der Waals surface area contributed by atoms with Gasteiger partial charge in [0.25, 0.3) is 5.91 Å². The molecule has 0 fully saturated rings. The molecule has 0 aliphatic carbocycles. The average molecular weight is 470 g/mol. The lowest BCUT2D eigenvalue weighted by Crippen LogP contribution is -2.12. The number of aromatic amines is 1. The Morgan fingerprint density at radius 1 is 0.971 bits per heavy atom. The molecule has 8 heteroatoms. The Morgan fingerprint density at radius 3 is 2.40 bits per heavy atom. The van der Waals surface area contributed by atoms with Crippen molar-refractivity contribution in [2.45, 2.75) is 20.5 Å². The molecule has 35 heavy (non-hydrogen) atoms. The number of amides is 1. The summed E-state index contributed by atoms with van der Waals surface area (Å²) >= 11 is 0. The molecule has 0 radical (unpaired) electrons. The Kier molecular flexibility index (Phi) is 7.11. The van der Waals surface area contributed by atoms with Crippen LogP contribution in [0.25, 0.3) is 10.9 Å². The summed E-state index contributed by atoms with van der Waals surface area (Å²) < 4.78 is 11.5. The van der Waals surface area contributed by atoms with Crippen molar-refractivity contribution in [3.8, 4) is 11.5 Å². The number of amidine groups is 1. The van der Waals surface area contributed by atoms with Crippen molar-refractivity contribution in [3.63, 3.8) is 0 Å². The van der Waals surface area contributed by atoms with Gasteiger partial charge >= 0.3 is 0 Å². The zero-order chi connectivity index (χ0) is 24.8. The second kappa shape index (κ2) is 10.6. The number of hydrogen-bond acceptors (Lipinski definition) is 5. The molecule has 1 aromatic heterocycles. The first-order valence-electron chi connectivity index (χ1n) is 11.1. The first-order valence-corrected chi connectivity index (χ1v) is 11.1. The van der Waals surface area contributed by atoms with E-state index >= 15 is 0 Å². The summed E-state index contributed by atoms with van der Waals surface area (Å²) in [6.07, 6.45) is 0. The average Bonchev–Trinajstić information content (AvgIpc) is 3.29. The number of carbonyl (C=O) groups excluding carboxylic acids is 1. The number of nitrogens with two attached hydrogens (primary N) is 1. The van der Waals surface area contributed by atoms with Crippen LogP contribution in [-0.4, -0.2) is 29.5 Å².